The van der Waals surface area contributed by atoms with E-state index in [2.05, 4.69) is 10.1 Å². The first-order chi connectivity index (χ1) is 8.45. The van der Waals surface area contributed by atoms with Crippen LogP contribution in [-0.2, 0) is 10.9 Å². The maximum Gasteiger partial charge on any atom is 0.418 e. The number of nitrogens with one attached hydrogen (secondary N) is 1. The fraction of sp³-hybridized carbons (Fsp3) is 0.250. The summed E-state index contributed by atoms with van der Waals surface area (Å²) in [6.45, 7) is 1.75. The molecule has 1 N–H and O–H groups in total. The third-order valence-electron chi connectivity index (χ3n) is 2.02. The molecule has 0 unspecified atom stereocenters. The van der Waals surface area contributed by atoms with E-state index >= 15 is 0 Å². The third kappa shape index (κ3) is 4.12. The van der Waals surface area contributed by atoms with Gasteiger partial charge in [-0.3, -0.25) is 5.32 Å². The lowest BCUT2D eigenvalue weighted by molar-refractivity contribution is -0.136. The summed E-state index contributed by atoms with van der Waals surface area (Å²) >= 11 is 0. The summed E-state index contributed by atoms with van der Waals surface area (Å²) in [5.74, 6) is 0. The normalized spacial score (nSPS) is 11.6. The summed E-state index contributed by atoms with van der Waals surface area (Å²) in [5.41, 5.74) is -1.23. The molecule has 0 saturated heterocycles. The van der Waals surface area contributed by atoms with Crippen LogP contribution >= 0.6 is 0 Å². The van der Waals surface area contributed by atoms with Crippen molar-refractivity contribution in [2.24, 2.45) is 0 Å². The van der Waals surface area contributed by atoms with Gasteiger partial charge in [-0.05, 0) is 19.1 Å². The Morgan fingerprint density at radius 3 is 2.67 bits per heavy atom. The number of ether oxygens (including phenoxy) is 1. The van der Waals surface area contributed by atoms with Gasteiger partial charge in [-0.25, -0.2) is 4.79 Å². The number of hydrogen-bond donors (Lipinski definition) is 1. The van der Waals surface area contributed by atoms with Crippen molar-refractivity contribution in [3.63, 3.8) is 0 Å². The summed E-state index contributed by atoms with van der Waals surface area (Å²) in [6.07, 6.45) is -2.22. The first-order valence-corrected chi connectivity index (χ1v) is 5.16. The van der Waals surface area contributed by atoms with Crippen LogP contribution in [0.3, 0.4) is 0 Å². The second-order valence-electron chi connectivity index (χ2n) is 3.34. The molecular weight excluding hydrogens is 247 g/mol. The highest BCUT2D eigenvalue weighted by atomic mass is 19.4. The van der Waals surface area contributed by atoms with Gasteiger partial charge in [0.15, 0.2) is 0 Å². The summed E-state index contributed by atoms with van der Waals surface area (Å²) < 4.78 is 42.5. The van der Waals surface area contributed by atoms with Crippen LogP contribution in [0.5, 0.6) is 0 Å². The zero-order valence-corrected chi connectivity index (χ0v) is 9.62. The lowest BCUT2D eigenvalue weighted by atomic mass is 10.2. The van der Waals surface area contributed by atoms with E-state index in [0.29, 0.717) is 0 Å². The predicted octanol–water partition coefficient (Wildman–Crippen LogP) is 3.83. The number of benzene rings is 1. The largest absolute Gasteiger partial charge is 0.445 e. The van der Waals surface area contributed by atoms with Crippen molar-refractivity contribution in [1.29, 1.82) is 0 Å². The van der Waals surface area contributed by atoms with E-state index < -0.39 is 17.8 Å². The fourth-order valence-corrected chi connectivity index (χ4v) is 1.21. The zero-order chi connectivity index (χ0) is 13.6. The molecule has 0 heterocycles. The molecule has 1 amide bonds. The molecule has 6 heteroatoms. The van der Waals surface area contributed by atoms with Crippen LogP contribution in [0.1, 0.15) is 12.5 Å². The van der Waals surface area contributed by atoms with Crippen LogP contribution in [0.25, 0.3) is 0 Å². The van der Waals surface area contributed by atoms with Gasteiger partial charge in [0.05, 0.1) is 11.3 Å². The number of hydrogen-bond acceptors (Lipinski definition) is 2. The Morgan fingerprint density at radius 2 is 2.06 bits per heavy atom. The average molecular weight is 259 g/mol. The molecule has 0 aliphatic rings. The molecule has 0 bridgehead atoms. The van der Waals surface area contributed by atoms with Gasteiger partial charge in [-0.2, -0.15) is 13.2 Å². The number of anilines is 1. The Kier molecular flexibility index (Phi) is 4.76. The lowest BCUT2D eigenvalue weighted by Crippen LogP contribution is -2.17. The maximum atomic E-state index is 12.6. The molecule has 0 saturated carbocycles. The Balaban J connectivity index is 2.75. The van der Waals surface area contributed by atoms with Crippen molar-refractivity contribution in [2.75, 3.05) is 11.9 Å². The van der Waals surface area contributed by atoms with Crippen molar-refractivity contribution in [2.45, 2.75) is 13.1 Å². The van der Waals surface area contributed by atoms with Crippen molar-refractivity contribution in [3.05, 3.63) is 42.0 Å². The monoisotopic (exact) mass is 259 g/mol. The van der Waals surface area contributed by atoms with Gasteiger partial charge in [0, 0.05) is 0 Å². The number of allylic oxidation sites excluding steroid dienone is 1. The first-order valence-electron chi connectivity index (χ1n) is 5.16. The highest BCUT2D eigenvalue weighted by Crippen LogP contribution is 2.34. The topological polar surface area (TPSA) is 38.3 Å². The molecule has 1 aromatic carbocycles. The Labute approximate surface area is 102 Å². The Bertz CT molecular complexity index is 441. The van der Waals surface area contributed by atoms with Gasteiger partial charge in [0.25, 0.3) is 0 Å². The van der Waals surface area contributed by atoms with Crippen LogP contribution in [0, 0.1) is 0 Å². The second kappa shape index (κ2) is 6.09. The molecule has 0 spiro atoms. The maximum absolute atomic E-state index is 12.6. The minimum Gasteiger partial charge on any atom is -0.445 e. The van der Waals surface area contributed by atoms with Crippen LogP contribution in [0.15, 0.2) is 36.4 Å². The molecule has 18 heavy (non-hydrogen) atoms. The summed E-state index contributed by atoms with van der Waals surface area (Å²) in [5, 5.41) is 2.06. The van der Waals surface area contributed by atoms with Crippen LogP contribution in [0.2, 0.25) is 0 Å². The number of carbonyl (C=O) groups excluding carboxylic acids is 1. The number of rotatable bonds is 3. The lowest BCUT2D eigenvalue weighted by Gasteiger charge is -2.13. The number of para-hydroxylation sites is 1. The zero-order valence-electron chi connectivity index (χ0n) is 9.62. The predicted molar refractivity (Wildman–Crippen MR) is 61.2 cm³/mol. The van der Waals surface area contributed by atoms with Crippen molar-refractivity contribution < 1.29 is 22.7 Å². The highest BCUT2D eigenvalue weighted by molar-refractivity contribution is 5.85. The molecule has 0 aliphatic heterocycles. The number of halogens is 3. The molecule has 3 nitrogen and oxygen atoms in total. The summed E-state index contributed by atoms with van der Waals surface area (Å²) in [6, 6.07) is 4.71. The molecule has 0 radical (unpaired) electrons. The van der Waals surface area contributed by atoms with Crippen LogP contribution in [0.4, 0.5) is 23.7 Å². The molecular formula is C12H12F3NO2. The summed E-state index contributed by atoms with van der Waals surface area (Å²) in [7, 11) is 0. The molecule has 1 aromatic rings. The van der Waals surface area contributed by atoms with E-state index in [-0.39, 0.29) is 12.3 Å². The SMILES string of the molecule is C/C=C/COC(=O)Nc1ccccc1C(F)(F)F. The van der Waals surface area contributed by atoms with Crippen molar-refractivity contribution >= 4 is 11.8 Å². The van der Waals surface area contributed by atoms with E-state index in [1.807, 2.05) is 0 Å². The van der Waals surface area contributed by atoms with Gasteiger partial charge in [-0.1, -0.05) is 24.3 Å². The molecule has 0 aromatic heterocycles. The smallest absolute Gasteiger partial charge is 0.418 e. The number of amides is 1. The fourth-order valence-electron chi connectivity index (χ4n) is 1.21. The van der Waals surface area contributed by atoms with E-state index in [1.54, 1.807) is 19.1 Å². The third-order valence-corrected chi connectivity index (χ3v) is 2.02. The molecule has 0 aliphatic carbocycles. The van der Waals surface area contributed by atoms with Gasteiger partial charge < -0.3 is 4.74 Å². The van der Waals surface area contributed by atoms with Gasteiger partial charge in [0.2, 0.25) is 0 Å². The minimum atomic E-state index is -4.52. The van der Waals surface area contributed by atoms with E-state index in [0.717, 1.165) is 6.07 Å². The number of carbonyl (C=O) groups is 1. The average Bonchev–Trinajstić information content (AvgIpc) is 2.28. The quantitative estimate of drug-likeness (QED) is 0.838. The van der Waals surface area contributed by atoms with E-state index in [1.165, 1.54) is 18.2 Å². The standard InChI is InChI=1S/C12H12F3NO2/c1-2-3-8-18-11(17)16-10-7-5-4-6-9(10)12(13,14)15/h2-7H,8H2,1H3,(H,16,17)/b3-2+. The minimum absolute atomic E-state index is 0.0104. The molecule has 0 atom stereocenters. The van der Waals surface area contributed by atoms with Crippen LogP contribution < -0.4 is 5.32 Å². The first kappa shape index (κ1) is 14.1. The van der Waals surface area contributed by atoms with Gasteiger partial charge >= 0.3 is 12.3 Å². The van der Waals surface area contributed by atoms with Crippen molar-refractivity contribution in [1.82, 2.24) is 0 Å². The van der Waals surface area contributed by atoms with E-state index in [9.17, 15) is 18.0 Å². The summed E-state index contributed by atoms with van der Waals surface area (Å²) in [4.78, 5) is 11.2. The molecule has 0 fully saturated rings. The van der Waals surface area contributed by atoms with Crippen LogP contribution in [-0.4, -0.2) is 12.7 Å². The second-order valence-corrected chi connectivity index (χ2v) is 3.34. The Morgan fingerprint density at radius 1 is 1.39 bits per heavy atom. The van der Waals surface area contributed by atoms with E-state index in [4.69, 9.17) is 0 Å². The molecule has 1 rings (SSSR count). The number of alkyl halides is 3. The van der Waals surface area contributed by atoms with Crippen molar-refractivity contribution in [3.8, 4) is 0 Å². The highest BCUT2D eigenvalue weighted by Gasteiger charge is 2.33. The molecule has 98 valence electrons. The van der Waals surface area contributed by atoms with Gasteiger partial charge in [-0.15, -0.1) is 0 Å². The van der Waals surface area contributed by atoms with Gasteiger partial charge in [0.1, 0.15) is 6.61 Å². The Hall–Kier alpha value is -1.98.